The van der Waals surface area contributed by atoms with Crippen molar-refractivity contribution in [2.75, 3.05) is 0 Å². The highest BCUT2D eigenvalue weighted by Gasteiger charge is 2.36. The first-order valence-corrected chi connectivity index (χ1v) is 11.1. The van der Waals surface area contributed by atoms with Gasteiger partial charge in [0.25, 0.3) is 0 Å². The van der Waals surface area contributed by atoms with E-state index in [1.54, 1.807) is 11.3 Å². The predicted molar refractivity (Wildman–Crippen MR) is 109 cm³/mol. The molecule has 2 aliphatic carbocycles. The number of rotatable bonds is 1. The lowest BCUT2D eigenvalue weighted by Gasteiger charge is -2.40. The average Bonchev–Trinajstić information content (AvgIpc) is 3.16. The molecule has 0 amide bonds. The Kier molecular flexibility index (Phi) is 3.83. The zero-order chi connectivity index (χ0) is 16.9. The van der Waals surface area contributed by atoms with Crippen molar-refractivity contribution >= 4 is 32.8 Å². The van der Waals surface area contributed by atoms with Crippen molar-refractivity contribution in [3.8, 4) is 10.4 Å². The van der Waals surface area contributed by atoms with Crippen LogP contribution in [0.5, 0.6) is 0 Å². The zero-order valence-electron chi connectivity index (χ0n) is 14.3. The summed E-state index contributed by atoms with van der Waals surface area (Å²) in [5, 5.41) is 3.03. The third-order valence-corrected chi connectivity index (χ3v) is 8.34. The summed E-state index contributed by atoms with van der Waals surface area (Å²) >= 11 is 3.65. The molecule has 5 rings (SSSR count). The van der Waals surface area contributed by atoms with Gasteiger partial charge in [0, 0.05) is 25.4 Å². The molecule has 128 valence electrons. The lowest BCUT2D eigenvalue weighted by molar-refractivity contribution is 0.164. The molecule has 2 aromatic heterocycles. The van der Waals surface area contributed by atoms with Crippen LogP contribution in [0.15, 0.2) is 40.5 Å². The molecule has 0 atom stereocenters. The smallest absolute Gasteiger partial charge is 0.191 e. The quantitative estimate of drug-likeness (QED) is 0.485. The van der Waals surface area contributed by atoms with Crippen LogP contribution in [0.3, 0.4) is 0 Å². The first kappa shape index (κ1) is 15.8. The monoisotopic (exact) mass is 366 g/mol. The van der Waals surface area contributed by atoms with Gasteiger partial charge in [-0.3, -0.25) is 4.79 Å². The molecule has 1 fully saturated rings. The summed E-state index contributed by atoms with van der Waals surface area (Å²) in [5.74, 6) is 0. The molecule has 1 spiro atoms. The number of thiophene rings is 1. The van der Waals surface area contributed by atoms with Gasteiger partial charge >= 0.3 is 0 Å². The summed E-state index contributed by atoms with van der Waals surface area (Å²) < 4.78 is 1.17. The molecule has 0 bridgehead atoms. The van der Waals surface area contributed by atoms with Gasteiger partial charge in [-0.15, -0.1) is 22.7 Å². The Labute approximate surface area is 156 Å². The molecule has 0 saturated heterocycles. The highest BCUT2D eigenvalue weighted by atomic mass is 32.1. The van der Waals surface area contributed by atoms with E-state index in [-0.39, 0.29) is 0 Å². The highest BCUT2D eigenvalue weighted by Crippen LogP contribution is 2.47. The van der Waals surface area contributed by atoms with Gasteiger partial charge in [0.1, 0.15) is 0 Å². The van der Waals surface area contributed by atoms with Gasteiger partial charge in [0.2, 0.25) is 0 Å². The van der Waals surface area contributed by atoms with E-state index in [9.17, 15) is 4.79 Å². The van der Waals surface area contributed by atoms with Gasteiger partial charge in [0.05, 0.1) is 0 Å². The molecular weight excluding hydrogens is 344 g/mol. The van der Waals surface area contributed by atoms with Crippen molar-refractivity contribution in [3.05, 3.63) is 56.4 Å². The van der Waals surface area contributed by atoms with E-state index in [1.807, 2.05) is 11.3 Å². The fraction of sp³-hybridized carbons (Fsp3) is 0.409. The van der Waals surface area contributed by atoms with Crippen molar-refractivity contribution < 1.29 is 0 Å². The van der Waals surface area contributed by atoms with Gasteiger partial charge in [-0.05, 0) is 66.7 Å². The third-order valence-electron chi connectivity index (χ3n) is 6.23. The zero-order valence-corrected chi connectivity index (χ0v) is 16.0. The van der Waals surface area contributed by atoms with Crippen LogP contribution >= 0.6 is 22.7 Å². The Hall–Kier alpha value is -1.45. The van der Waals surface area contributed by atoms with Gasteiger partial charge in [-0.2, -0.15) is 0 Å². The minimum Gasteiger partial charge on any atom is -0.289 e. The van der Waals surface area contributed by atoms with Gasteiger partial charge in [-0.25, -0.2) is 0 Å². The van der Waals surface area contributed by atoms with Crippen LogP contribution in [0.25, 0.3) is 20.5 Å². The van der Waals surface area contributed by atoms with Crippen LogP contribution in [0.1, 0.15) is 49.0 Å². The van der Waals surface area contributed by atoms with Crippen molar-refractivity contribution in [1.82, 2.24) is 0 Å². The van der Waals surface area contributed by atoms with E-state index in [0.29, 0.717) is 10.8 Å². The second-order valence-electron chi connectivity index (χ2n) is 7.76. The van der Waals surface area contributed by atoms with Gasteiger partial charge in [0.15, 0.2) is 5.43 Å². The van der Waals surface area contributed by atoms with Crippen LogP contribution in [-0.2, 0) is 12.8 Å². The number of hydrogen-bond acceptors (Lipinski definition) is 3. The Bertz CT molecular complexity index is 975. The summed E-state index contributed by atoms with van der Waals surface area (Å²) in [6.45, 7) is 0. The molecular formula is C22H22OS2. The average molecular weight is 367 g/mol. The lowest BCUT2D eigenvalue weighted by atomic mass is 9.65. The standard InChI is InChI=1S/C22H22OS2/c23-21-16-7-6-15(18-5-4-12-24-18)13-19(16)25-20-14-22(11-8-17(20)21)9-2-1-3-10-22/h4-7,12-13H,1-3,8-11,14H2. The first-order chi connectivity index (χ1) is 12.2. The number of benzene rings is 1. The Morgan fingerprint density at radius 2 is 1.88 bits per heavy atom. The topological polar surface area (TPSA) is 17.1 Å². The minimum atomic E-state index is 0.298. The van der Waals surface area contributed by atoms with Crippen molar-refractivity contribution in [1.29, 1.82) is 0 Å². The molecule has 0 aliphatic heterocycles. The van der Waals surface area contributed by atoms with Crippen molar-refractivity contribution in [3.63, 3.8) is 0 Å². The molecule has 0 N–H and O–H groups in total. The Morgan fingerprint density at radius 1 is 1.00 bits per heavy atom. The van der Waals surface area contributed by atoms with E-state index in [0.717, 1.165) is 23.8 Å². The number of hydrogen-bond donors (Lipinski definition) is 0. The van der Waals surface area contributed by atoms with E-state index >= 15 is 0 Å². The maximum atomic E-state index is 13.1. The van der Waals surface area contributed by atoms with Crippen LogP contribution in [-0.4, -0.2) is 0 Å². The van der Waals surface area contributed by atoms with Crippen molar-refractivity contribution in [2.24, 2.45) is 5.41 Å². The van der Waals surface area contributed by atoms with E-state index < -0.39 is 0 Å². The second kappa shape index (κ2) is 6.07. The molecule has 1 nitrogen and oxygen atoms in total. The minimum absolute atomic E-state index is 0.298. The second-order valence-corrected chi connectivity index (χ2v) is 9.84. The van der Waals surface area contributed by atoms with Crippen LogP contribution < -0.4 is 5.43 Å². The molecule has 0 unspecified atom stereocenters. The van der Waals surface area contributed by atoms with E-state index in [1.165, 1.54) is 58.5 Å². The normalized spacial score (nSPS) is 19.2. The Balaban J connectivity index is 1.62. The van der Waals surface area contributed by atoms with Gasteiger partial charge in [-0.1, -0.05) is 31.4 Å². The van der Waals surface area contributed by atoms with E-state index in [4.69, 9.17) is 0 Å². The van der Waals surface area contributed by atoms with Crippen molar-refractivity contribution in [2.45, 2.75) is 51.4 Å². The van der Waals surface area contributed by atoms with E-state index in [2.05, 4.69) is 35.7 Å². The number of fused-ring (bicyclic) bond motifs is 2. The van der Waals surface area contributed by atoms with Crippen LogP contribution in [0.4, 0.5) is 0 Å². The maximum Gasteiger partial charge on any atom is 0.191 e. The largest absolute Gasteiger partial charge is 0.289 e. The fourth-order valence-electron chi connectivity index (χ4n) is 4.82. The summed E-state index contributed by atoms with van der Waals surface area (Å²) in [6, 6.07) is 10.6. The Morgan fingerprint density at radius 3 is 2.68 bits per heavy atom. The third kappa shape index (κ3) is 2.69. The fourth-order valence-corrected chi connectivity index (χ4v) is 6.96. The highest BCUT2D eigenvalue weighted by molar-refractivity contribution is 7.18. The van der Waals surface area contributed by atoms with Crippen LogP contribution in [0.2, 0.25) is 0 Å². The van der Waals surface area contributed by atoms with Crippen LogP contribution in [0, 0.1) is 5.41 Å². The molecule has 2 heterocycles. The summed E-state index contributed by atoms with van der Waals surface area (Å²) in [4.78, 5) is 15.7. The first-order valence-electron chi connectivity index (χ1n) is 9.37. The molecule has 3 aromatic rings. The molecule has 25 heavy (non-hydrogen) atoms. The molecule has 1 aromatic carbocycles. The summed E-state index contributed by atoms with van der Waals surface area (Å²) in [5.41, 5.74) is 3.15. The summed E-state index contributed by atoms with van der Waals surface area (Å²) in [6.07, 6.45) is 10.2. The molecule has 2 aliphatic rings. The SMILES string of the molecule is O=c1c2c(sc3cc(-c4cccs4)ccc13)CC1(CCCCC1)CC2. The lowest BCUT2D eigenvalue weighted by Crippen LogP contribution is -2.33. The molecule has 1 saturated carbocycles. The maximum absolute atomic E-state index is 13.1. The predicted octanol–water partition coefficient (Wildman–Crippen LogP) is 6.43. The molecule has 0 radical (unpaired) electrons. The van der Waals surface area contributed by atoms with Gasteiger partial charge < -0.3 is 0 Å². The molecule has 3 heteroatoms. The summed E-state index contributed by atoms with van der Waals surface area (Å²) in [7, 11) is 0.